The molecule has 1 unspecified atom stereocenters. The molecule has 0 aromatic heterocycles. The highest BCUT2D eigenvalue weighted by molar-refractivity contribution is 8.77. The minimum Gasteiger partial charge on any atom is -0.357 e. The molecule has 0 N–H and O–H groups in total. The number of halogens is 1. The van der Waals surface area contributed by atoms with E-state index < -0.39 is 4.74 Å². The number of nitrogens with zero attached hydrogens (tertiary/aromatic N) is 2. The predicted octanol–water partition coefficient (Wildman–Crippen LogP) is 3.87. The normalized spacial score (nSPS) is 16.5. The minimum atomic E-state index is -2.08. The van der Waals surface area contributed by atoms with Crippen LogP contribution < -0.4 is 0 Å². The van der Waals surface area contributed by atoms with Gasteiger partial charge in [0.2, 0.25) is 0 Å². The zero-order chi connectivity index (χ0) is 11.2. The van der Waals surface area contributed by atoms with E-state index in [4.69, 9.17) is 23.0 Å². The highest BCUT2D eigenvalue weighted by atomic mass is 35.7. The summed E-state index contributed by atoms with van der Waals surface area (Å²) in [5.74, 6) is 1.90. The van der Waals surface area contributed by atoms with E-state index in [0.717, 1.165) is 16.7 Å². The Kier molecular flexibility index (Phi) is 7.98. The summed E-state index contributed by atoms with van der Waals surface area (Å²) in [6, 6.07) is 0. The molecule has 0 radical (unpaired) electrons. The van der Waals surface area contributed by atoms with Crippen molar-refractivity contribution in [3.63, 3.8) is 0 Å². The smallest absolute Gasteiger partial charge is 0.195 e. The molecule has 0 heterocycles. The number of hydrogen-bond acceptors (Lipinski definition) is 3. The van der Waals surface area contributed by atoms with Crippen molar-refractivity contribution in [2.75, 3.05) is 25.6 Å². The van der Waals surface area contributed by atoms with Gasteiger partial charge in [-0.05, 0) is 34.6 Å². The summed E-state index contributed by atoms with van der Waals surface area (Å²) in [6.45, 7) is 4.14. The molecule has 0 aliphatic heterocycles. The van der Waals surface area contributed by atoms with Gasteiger partial charge in [-0.1, -0.05) is 37.0 Å². The quantitative estimate of drug-likeness (QED) is 0.443. The fraction of sp³-hybridized carbons (Fsp3) is 0.857. The molecular formula is C7H16ClN2PS3. The van der Waals surface area contributed by atoms with Gasteiger partial charge < -0.3 is 4.90 Å². The maximum Gasteiger partial charge on any atom is 0.195 e. The van der Waals surface area contributed by atoms with E-state index in [1.54, 1.807) is 23.1 Å². The molecule has 0 fully saturated rings. The summed E-state index contributed by atoms with van der Waals surface area (Å²) in [5.41, 5.74) is 0. The van der Waals surface area contributed by atoms with Crippen molar-refractivity contribution >= 4 is 56.1 Å². The molecule has 0 rings (SSSR count). The first-order valence-corrected chi connectivity index (χ1v) is 10.5. The number of thioether (sulfide) groups is 1. The zero-order valence-corrected chi connectivity index (χ0v) is 13.0. The molecule has 0 aliphatic rings. The van der Waals surface area contributed by atoms with Gasteiger partial charge in [-0.25, -0.2) is 4.76 Å². The average Bonchev–Trinajstić information content (AvgIpc) is 2.02. The Labute approximate surface area is 105 Å². The summed E-state index contributed by atoms with van der Waals surface area (Å²) in [4.78, 5) is 1.97. The van der Waals surface area contributed by atoms with Crippen molar-refractivity contribution in [3.05, 3.63) is 0 Å². The van der Waals surface area contributed by atoms with E-state index >= 15 is 0 Å². The summed E-state index contributed by atoms with van der Waals surface area (Å²) >= 11 is 14.7. The lowest BCUT2D eigenvalue weighted by molar-refractivity contribution is 0.638. The lowest BCUT2D eigenvalue weighted by Crippen LogP contribution is -2.18. The van der Waals surface area contributed by atoms with Crippen LogP contribution in [0.15, 0.2) is 4.76 Å². The van der Waals surface area contributed by atoms with Crippen molar-refractivity contribution in [2.24, 2.45) is 4.76 Å². The molecule has 0 spiro atoms. The van der Waals surface area contributed by atoms with Crippen molar-refractivity contribution in [1.82, 2.24) is 4.90 Å². The van der Waals surface area contributed by atoms with E-state index in [9.17, 15) is 0 Å². The fourth-order valence-electron chi connectivity index (χ4n) is 0.667. The maximum absolute atomic E-state index is 6.17. The monoisotopic (exact) mass is 290 g/mol. The number of amidine groups is 1. The lowest BCUT2D eigenvalue weighted by atomic mass is 10.9. The molecule has 84 valence electrons. The van der Waals surface area contributed by atoms with Crippen LogP contribution in [0.1, 0.15) is 13.8 Å². The van der Waals surface area contributed by atoms with E-state index in [0.29, 0.717) is 0 Å². The maximum atomic E-state index is 6.17. The second-order valence-corrected chi connectivity index (χ2v) is 13.1. The average molecular weight is 291 g/mol. The minimum absolute atomic E-state index is 0.918. The Balaban J connectivity index is 4.62. The second-order valence-electron chi connectivity index (χ2n) is 2.58. The first kappa shape index (κ1) is 15.1. The second kappa shape index (κ2) is 7.39. The molecule has 0 aliphatic carbocycles. The third kappa shape index (κ3) is 6.57. The van der Waals surface area contributed by atoms with Gasteiger partial charge in [0, 0.05) is 14.1 Å². The fourth-order valence-corrected chi connectivity index (χ4v) is 6.62. The Morgan fingerprint density at radius 1 is 1.43 bits per heavy atom. The Morgan fingerprint density at radius 3 is 2.36 bits per heavy atom. The molecule has 0 saturated carbocycles. The van der Waals surface area contributed by atoms with E-state index in [2.05, 4.69) is 11.7 Å². The molecule has 0 bridgehead atoms. The van der Waals surface area contributed by atoms with Crippen LogP contribution in [0.2, 0.25) is 0 Å². The van der Waals surface area contributed by atoms with Gasteiger partial charge in [-0.2, -0.15) is 0 Å². The first-order valence-electron chi connectivity index (χ1n) is 4.27. The topological polar surface area (TPSA) is 15.6 Å². The Hall–Kier alpha value is 1.11. The van der Waals surface area contributed by atoms with Crippen LogP contribution >= 0.6 is 39.1 Å². The van der Waals surface area contributed by atoms with Crippen molar-refractivity contribution in [2.45, 2.75) is 13.8 Å². The van der Waals surface area contributed by atoms with Crippen LogP contribution in [-0.2, 0) is 11.8 Å². The molecule has 0 aromatic rings. The van der Waals surface area contributed by atoms with Crippen LogP contribution in [0.4, 0.5) is 0 Å². The zero-order valence-electron chi connectivity index (χ0n) is 8.86. The summed E-state index contributed by atoms with van der Waals surface area (Å²) < 4.78 is 2.36. The highest BCUT2D eigenvalue weighted by Gasteiger charge is 2.13. The van der Waals surface area contributed by atoms with E-state index in [-0.39, 0.29) is 0 Å². The van der Waals surface area contributed by atoms with Crippen molar-refractivity contribution < 1.29 is 0 Å². The van der Waals surface area contributed by atoms with Gasteiger partial charge in [-0.15, -0.1) is 0 Å². The van der Waals surface area contributed by atoms with Crippen molar-refractivity contribution in [3.8, 4) is 0 Å². The highest BCUT2D eigenvalue weighted by Crippen LogP contribution is 2.65. The van der Waals surface area contributed by atoms with Gasteiger partial charge in [0.1, 0.15) is 0 Å². The van der Waals surface area contributed by atoms with Gasteiger partial charge in [-0.3, -0.25) is 0 Å². The SMILES string of the molecule is CCSC(=NP(=S)(Cl)SCC)N(C)C. The lowest BCUT2D eigenvalue weighted by Gasteiger charge is -2.16. The molecule has 7 heteroatoms. The molecule has 2 nitrogen and oxygen atoms in total. The van der Waals surface area contributed by atoms with Crippen LogP contribution in [0.3, 0.4) is 0 Å². The third-order valence-corrected chi connectivity index (χ3v) is 7.57. The van der Waals surface area contributed by atoms with Crippen molar-refractivity contribution in [1.29, 1.82) is 0 Å². The van der Waals surface area contributed by atoms with Crippen LogP contribution in [0.25, 0.3) is 0 Å². The molecule has 0 aromatic carbocycles. The van der Waals surface area contributed by atoms with Gasteiger partial charge in [0.25, 0.3) is 0 Å². The van der Waals surface area contributed by atoms with Gasteiger partial charge in [0.05, 0.1) is 0 Å². The third-order valence-electron chi connectivity index (χ3n) is 1.15. The summed E-state index contributed by atoms with van der Waals surface area (Å²) in [6.07, 6.45) is 0. The Bertz CT molecular complexity index is 245. The molecule has 0 amide bonds. The molecule has 14 heavy (non-hydrogen) atoms. The molecule has 0 saturated heterocycles. The number of rotatable bonds is 4. The van der Waals surface area contributed by atoms with Crippen LogP contribution in [0, 0.1) is 0 Å². The van der Waals surface area contributed by atoms with E-state index in [1.807, 2.05) is 25.9 Å². The standard InChI is InChI=1S/C7H16ClN2PS3/c1-5-13-7(10(3)4)9-11(8,12)14-6-2/h5-6H2,1-4H3. The summed E-state index contributed by atoms with van der Waals surface area (Å²) in [5, 5.41) is 0.937. The van der Waals surface area contributed by atoms with Gasteiger partial charge in [0.15, 0.2) is 9.91 Å². The van der Waals surface area contributed by atoms with Crippen LogP contribution in [-0.4, -0.2) is 35.7 Å². The first-order chi connectivity index (χ1) is 6.43. The van der Waals surface area contributed by atoms with E-state index in [1.165, 1.54) is 0 Å². The van der Waals surface area contributed by atoms with Crippen LogP contribution in [0.5, 0.6) is 0 Å². The largest absolute Gasteiger partial charge is 0.357 e. The molecule has 1 atom stereocenters. The molecular weight excluding hydrogens is 275 g/mol. The summed E-state index contributed by atoms with van der Waals surface area (Å²) in [7, 11) is 3.93. The number of hydrogen-bond donors (Lipinski definition) is 0. The Morgan fingerprint density at radius 2 is 2.00 bits per heavy atom. The predicted molar refractivity (Wildman–Crippen MR) is 77.5 cm³/mol. The van der Waals surface area contributed by atoms with Gasteiger partial charge >= 0.3 is 0 Å².